The summed E-state index contributed by atoms with van der Waals surface area (Å²) >= 11 is 27.0. The molecule has 28 nitrogen and oxygen atoms in total. The minimum absolute atomic E-state index is 0.00456. The number of nitrogens with one attached hydrogen (secondary N) is 4. The average molecular weight is 1770 g/mol. The summed E-state index contributed by atoms with van der Waals surface area (Å²) in [5.74, 6) is 0.00224. The number of aromatic nitrogens is 14. The van der Waals surface area contributed by atoms with Crippen LogP contribution < -0.4 is 19.6 Å². The summed E-state index contributed by atoms with van der Waals surface area (Å²) in [5, 5.41) is 51.1. The zero-order valence-electron chi connectivity index (χ0n) is 69.3. The van der Waals surface area contributed by atoms with Gasteiger partial charge in [-0.05, 0) is 172 Å². The van der Waals surface area contributed by atoms with Gasteiger partial charge in [0.1, 0.15) is 5.69 Å². The maximum atomic E-state index is 16.1. The molecule has 34 heteroatoms. The van der Waals surface area contributed by atoms with E-state index >= 15 is 8.78 Å². The van der Waals surface area contributed by atoms with Crippen molar-refractivity contribution in [1.29, 1.82) is 0 Å². The first-order valence-corrected chi connectivity index (χ1v) is 42.6. The lowest BCUT2D eigenvalue weighted by atomic mass is 9.94. The molecule has 14 heterocycles. The van der Waals surface area contributed by atoms with E-state index in [-0.39, 0.29) is 57.6 Å². The van der Waals surface area contributed by atoms with E-state index in [0.29, 0.717) is 128 Å². The molecule has 126 heavy (non-hydrogen) atoms. The molecule has 6 aliphatic heterocycles. The molecule has 0 atom stereocenters. The predicted molar refractivity (Wildman–Crippen MR) is 495 cm³/mol. The second kappa shape index (κ2) is 35.9. The van der Waals surface area contributed by atoms with Crippen LogP contribution >= 0.6 is 46.4 Å². The Kier molecular flexibility index (Phi) is 24.1. The molecule has 4 saturated heterocycles. The Bertz CT molecular complexity index is 6820. The molecule has 6 aliphatic rings. The van der Waals surface area contributed by atoms with E-state index in [0.717, 1.165) is 131 Å². The van der Waals surface area contributed by atoms with Crippen molar-refractivity contribution in [2.75, 3.05) is 98.1 Å². The number of likely N-dealkylation sites (tertiary alicyclic amines) is 2. The van der Waals surface area contributed by atoms with E-state index < -0.39 is 11.6 Å². The van der Waals surface area contributed by atoms with Gasteiger partial charge in [-0.25, -0.2) is 8.78 Å². The summed E-state index contributed by atoms with van der Waals surface area (Å²) in [6, 6.07) is 24.0. The highest BCUT2D eigenvalue weighted by molar-refractivity contribution is 6.36. The number of carbonyl (C=O) groups is 4. The first-order chi connectivity index (χ1) is 61.1. The molecule has 4 N–H and O–H groups in total. The zero-order chi connectivity index (χ0) is 87.9. The van der Waals surface area contributed by atoms with Crippen molar-refractivity contribution in [3.05, 3.63) is 239 Å². The van der Waals surface area contributed by atoms with Crippen molar-refractivity contribution in [2.45, 2.75) is 65.5 Å². The molecule has 4 fully saturated rings. The first-order valence-electron chi connectivity index (χ1n) is 41.1. The van der Waals surface area contributed by atoms with Gasteiger partial charge >= 0.3 is 0 Å². The van der Waals surface area contributed by atoms with Crippen LogP contribution in [0.2, 0.25) is 20.1 Å². The Morgan fingerprint density at radius 3 is 1.27 bits per heavy atom. The monoisotopic (exact) mass is 1770 g/mol. The molecule has 14 aromatic rings. The van der Waals surface area contributed by atoms with Gasteiger partial charge in [-0.1, -0.05) is 97.0 Å². The van der Waals surface area contributed by atoms with E-state index in [9.17, 15) is 19.2 Å². The fraction of sp³-hybridized carbons (Fsp3) is 0.239. The third-order valence-electron chi connectivity index (χ3n) is 24.1. The summed E-state index contributed by atoms with van der Waals surface area (Å²) in [4.78, 5) is 72.2. The summed E-state index contributed by atoms with van der Waals surface area (Å²) in [7, 11) is 0. The van der Waals surface area contributed by atoms with Crippen LogP contribution in [0.25, 0.3) is 99.4 Å². The summed E-state index contributed by atoms with van der Waals surface area (Å²) in [6.07, 6.45) is 30.3. The topological polar surface area (TPSA) is 294 Å². The number of aliphatic imine (C=N–C) groups is 2. The number of fused-ring (bicyclic) bond motifs is 8. The SMILES string of the molecule is C=CC(=O)N1CCC(N2C=CC=Nc3c2cc(Cl)c(-c2c(C)ccc4[nH]ncc24)c3F)CC1.C=CC(=O)N1CCC(N2C=CC=Nc3cc(-c4c(C)ccc5[nH]ncc45)c(Cl)cc32)CC1.C=CC(=O)N1CCN(c2nnc3c(F)c(-c4c(C)ccc5[nH]ncc45)c(Cl)cn23)CC1.C=CC(=O)N1CCN(c2nnc3cc(-c4c(C)ccc5[nH]ncc45)c(Cl)cn23)CC1. The Morgan fingerprint density at radius 2 is 0.802 bits per heavy atom. The number of rotatable bonds is 12. The van der Waals surface area contributed by atoms with Gasteiger partial charge < -0.3 is 39.2 Å². The number of aryl methyl sites for hydroxylation is 4. The van der Waals surface area contributed by atoms with Crippen LogP contribution in [0.4, 0.5) is 43.4 Å². The lowest BCUT2D eigenvalue weighted by Gasteiger charge is -2.38. The second-order valence-corrected chi connectivity index (χ2v) is 33.0. The normalized spacial score (nSPS) is 15.4. The number of hydrogen-bond donors (Lipinski definition) is 4. The van der Waals surface area contributed by atoms with Crippen molar-refractivity contribution in [3.63, 3.8) is 0 Å². The van der Waals surface area contributed by atoms with Gasteiger partial charge in [-0.2, -0.15) is 20.4 Å². The zero-order valence-corrected chi connectivity index (χ0v) is 72.3. The van der Waals surface area contributed by atoms with Crippen LogP contribution in [0.1, 0.15) is 47.9 Å². The highest BCUT2D eigenvalue weighted by atomic mass is 35.5. The Morgan fingerprint density at radius 1 is 0.413 bits per heavy atom. The molecule has 8 aromatic heterocycles. The molecule has 6 aromatic carbocycles. The fourth-order valence-electron chi connectivity index (χ4n) is 17.6. The largest absolute Gasteiger partial charge is 0.343 e. The van der Waals surface area contributed by atoms with Crippen molar-refractivity contribution in [3.8, 4) is 44.5 Å². The number of benzene rings is 6. The highest BCUT2D eigenvalue weighted by Crippen LogP contribution is 2.49. The van der Waals surface area contributed by atoms with Crippen molar-refractivity contribution in [1.82, 2.24) is 89.6 Å². The van der Waals surface area contributed by atoms with E-state index in [4.69, 9.17) is 51.4 Å². The predicted octanol–water partition coefficient (Wildman–Crippen LogP) is 17.2. The standard InChI is InChI=1S/C25H23ClFN5O.C25H24ClN5O.C21H19ClFN7O.C21H20ClN7O/c1-3-21(33)31-11-7-16(8-12-31)32-10-4-9-28-25-20(32)13-18(26)23(24(25)27)22-15(2)5-6-19-17(22)14-29-30-19;1-3-24(32)30-11-7-17(8-12-30)31-10-4-9-27-22-13-18(20(26)14-23(22)31)25-16(2)5-6-21-19(25)15-28-29-21;1-3-16(31)28-6-8-29(9-7-28)21-27-26-20-19(23)18(14(22)11-30(20)21)17-12(2)4-5-15-13(17)10-24-25-15;1-3-19(30)27-6-8-28(9-7-27)21-26-25-18-10-14(16(22)12-29(18)21)20-13(2)4-5-17-15(20)11-23-24-17/h3-6,9-10,13-14,16H,1,7-8,11-12H2,2H3,(H,29,30);3-6,9-10,13-15,17H,1,7-8,11-12H2,2H3,(H,28,29);3-5,10-11H,1,6-9H2,2H3,(H,24,25);3-5,10-12H,1,6-9H2,2H3,(H,23,24). The Balaban J connectivity index is 0.000000119. The maximum Gasteiger partial charge on any atom is 0.246 e. The average Bonchev–Trinajstić information content (AvgIpc) is 1.21. The van der Waals surface area contributed by atoms with Gasteiger partial charge in [0.05, 0.1) is 84.0 Å². The van der Waals surface area contributed by atoms with E-state index in [1.54, 1.807) is 56.0 Å². The third-order valence-corrected chi connectivity index (χ3v) is 25.3. The summed E-state index contributed by atoms with van der Waals surface area (Å²) in [6.45, 7) is 29.6. The number of piperidine rings is 2. The van der Waals surface area contributed by atoms with Crippen molar-refractivity contribution < 1.29 is 28.0 Å². The van der Waals surface area contributed by atoms with Crippen LogP contribution in [0.15, 0.2) is 195 Å². The highest BCUT2D eigenvalue weighted by Gasteiger charge is 2.35. The molecule has 0 bridgehead atoms. The lowest BCUT2D eigenvalue weighted by Crippen LogP contribution is -2.48. The van der Waals surface area contributed by atoms with Crippen LogP contribution in [0, 0.1) is 39.3 Å². The van der Waals surface area contributed by atoms with Gasteiger partial charge in [0.25, 0.3) is 0 Å². The number of hydrogen-bond acceptors (Lipinski definition) is 18. The first kappa shape index (κ1) is 84.5. The number of amides is 4. The summed E-state index contributed by atoms with van der Waals surface area (Å²) < 4.78 is 35.3. The number of anilines is 4. The summed E-state index contributed by atoms with van der Waals surface area (Å²) in [5.41, 5.74) is 17.0. The smallest absolute Gasteiger partial charge is 0.246 e. The molecule has 4 amide bonds. The Hall–Kier alpha value is -13.7. The fourth-order valence-corrected chi connectivity index (χ4v) is 18.6. The van der Waals surface area contributed by atoms with Gasteiger partial charge in [0.2, 0.25) is 35.5 Å². The quantitative estimate of drug-likeness (QED) is 0.0827. The number of allylic oxidation sites excluding steroid dienone is 2. The van der Waals surface area contributed by atoms with Gasteiger partial charge in [-0.3, -0.25) is 58.4 Å². The van der Waals surface area contributed by atoms with Crippen molar-refractivity contribution in [2.24, 2.45) is 9.98 Å². The molecule has 0 unspecified atom stereocenters. The molecule has 0 radical (unpaired) electrons. The van der Waals surface area contributed by atoms with Gasteiger partial charge in [0.15, 0.2) is 22.9 Å². The number of nitrogens with zero attached hydrogens (tertiary/aromatic N) is 20. The molecule has 20 rings (SSSR count). The van der Waals surface area contributed by atoms with Gasteiger partial charge in [-0.15, -0.1) is 20.4 Å². The molecular formula is C92H86Cl4F2N24O4. The Labute approximate surface area is 742 Å². The number of aromatic amines is 4. The number of H-pyrrole nitrogens is 4. The number of carbonyl (C=O) groups excluding carboxylic acids is 4. The van der Waals surface area contributed by atoms with Crippen molar-refractivity contribution >= 4 is 172 Å². The lowest BCUT2D eigenvalue weighted by molar-refractivity contribution is -0.127. The molecule has 0 aliphatic carbocycles. The molecule has 0 saturated carbocycles. The number of piperazine rings is 2. The maximum absolute atomic E-state index is 16.1. The minimum Gasteiger partial charge on any atom is -0.343 e. The van der Waals surface area contributed by atoms with Crippen LogP contribution in [0.3, 0.4) is 0 Å². The van der Waals surface area contributed by atoms with Crippen LogP contribution in [-0.4, -0.2) is 216 Å². The number of pyridine rings is 2. The van der Waals surface area contributed by atoms with Gasteiger partial charge in [0, 0.05) is 183 Å². The molecule has 0 spiro atoms. The van der Waals surface area contributed by atoms with E-state index in [1.807, 2.05) is 119 Å². The second-order valence-electron chi connectivity index (χ2n) is 31.3. The molecule has 640 valence electrons. The minimum atomic E-state index is -0.538. The van der Waals surface area contributed by atoms with E-state index in [2.05, 4.69) is 141 Å². The molecular weight excluding hydrogens is 1680 g/mol. The van der Waals surface area contributed by atoms with E-state index in [1.165, 1.54) is 24.3 Å². The van der Waals surface area contributed by atoms with Crippen LogP contribution in [-0.2, 0) is 19.2 Å². The third kappa shape index (κ3) is 16.1. The number of halogens is 6. The van der Waals surface area contributed by atoms with Crippen LogP contribution in [0.5, 0.6) is 0 Å².